The fourth-order valence-corrected chi connectivity index (χ4v) is 3.20. The van der Waals surface area contributed by atoms with E-state index < -0.39 is 42.7 Å². The SMILES string of the molecule is N#CC1CC(F)(F)CN1C(=O)CN1C=CC(C(N)=O)c2ccccc21. The van der Waals surface area contributed by atoms with E-state index >= 15 is 0 Å². The zero-order chi connectivity index (χ0) is 18.2. The van der Waals surface area contributed by atoms with Crippen LogP contribution < -0.4 is 10.6 Å². The third-order valence-corrected chi connectivity index (χ3v) is 4.39. The molecule has 2 atom stereocenters. The topological polar surface area (TPSA) is 90.4 Å². The smallest absolute Gasteiger partial charge is 0.268 e. The van der Waals surface area contributed by atoms with E-state index in [1.165, 1.54) is 0 Å². The van der Waals surface area contributed by atoms with Crippen molar-refractivity contribution in [2.45, 2.75) is 24.3 Å². The highest BCUT2D eigenvalue weighted by atomic mass is 19.3. The van der Waals surface area contributed by atoms with Crippen LogP contribution in [0.3, 0.4) is 0 Å². The number of halogens is 2. The molecule has 1 aromatic carbocycles. The Bertz CT molecular complexity index is 787. The summed E-state index contributed by atoms with van der Waals surface area (Å²) in [5.41, 5.74) is 6.65. The van der Waals surface area contributed by atoms with E-state index in [9.17, 15) is 18.4 Å². The molecule has 2 N–H and O–H groups in total. The number of hydrogen-bond acceptors (Lipinski definition) is 4. The van der Waals surface area contributed by atoms with Crippen molar-refractivity contribution in [3.05, 3.63) is 42.1 Å². The normalized spacial score (nSPS) is 23.9. The first-order valence-electron chi connectivity index (χ1n) is 7.72. The second-order valence-electron chi connectivity index (χ2n) is 6.13. The largest absolute Gasteiger partial charge is 0.369 e. The summed E-state index contributed by atoms with van der Waals surface area (Å²) in [6, 6.07) is 7.57. The second-order valence-corrected chi connectivity index (χ2v) is 6.13. The summed E-state index contributed by atoms with van der Waals surface area (Å²) in [4.78, 5) is 26.5. The lowest BCUT2D eigenvalue weighted by molar-refractivity contribution is -0.130. The van der Waals surface area contributed by atoms with Crippen molar-refractivity contribution in [1.29, 1.82) is 5.26 Å². The fourth-order valence-electron chi connectivity index (χ4n) is 3.20. The summed E-state index contributed by atoms with van der Waals surface area (Å²) in [5, 5.41) is 9.02. The van der Waals surface area contributed by atoms with Gasteiger partial charge in [0.05, 0.1) is 18.5 Å². The Labute approximate surface area is 143 Å². The number of rotatable bonds is 3. The van der Waals surface area contributed by atoms with Crippen molar-refractivity contribution >= 4 is 17.5 Å². The highest BCUT2D eigenvalue weighted by Gasteiger charge is 2.47. The summed E-state index contributed by atoms with van der Waals surface area (Å²) >= 11 is 0. The van der Waals surface area contributed by atoms with Crippen LogP contribution in [-0.4, -0.2) is 41.8 Å². The van der Waals surface area contributed by atoms with Crippen LogP contribution in [0.15, 0.2) is 36.5 Å². The van der Waals surface area contributed by atoms with E-state index in [4.69, 9.17) is 11.0 Å². The molecule has 1 aromatic rings. The lowest BCUT2D eigenvalue weighted by Crippen LogP contribution is -2.42. The van der Waals surface area contributed by atoms with Gasteiger partial charge in [-0.15, -0.1) is 0 Å². The van der Waals surface area contributed by atoms with Gasteiger partial charge in [0.15, 0.2) is 0 Å². The van der Waals surface area contributed by atoms with Crippen molar-refractivity contribution in [3.8, 4) is 6.07 Å². The first-order chi connectivity index (χ1) is 11.8. The van der Waals surface area contributed by atoms with E-state index in [0.717, 1.165) is 4.90 Å². The lowest BCUT2D eigenvalue weighted by atomic mass is 9.93. The summed E-state index contributed by atoms with van der Waals surface area (Å²) in [5.74, 6) is -4.74. The van der Waals surface area contributed by atoms with Gasteiger partial charge in [0.1, 0.15) is 12.6 Å². The standard InChI is InChI=1S/C17H16F2N4O2/c18-17(19)7-11(8-20)23(10-17)15(24)9-22-6-5-13(16(21)25)12-3-1-2-4-14(12)22/h1-6,11,13H,7,9-10H2,(H2,21,25). The molecule has 0 saturated carbocycles. The van der Waals surface area contributed by atoms with E-state index in [2.05, 4.69) is 0 Å². The van der Waals surface area contributed by atoms with Crippen molar-refractivity contribution in [2.24, 2.45) is 5.73 Å². The predicted octanol–water partition coefficient (Wildman–Crippen LogP) is 1.35. The Hall–Kier alpha value is -2.95. The number of nitrogens with two attached hydrogens (primary N) is 1. The van der Waals surface area contributed by atoms with Gasteiger partial charge >= 0.3 is 0 Å². The van der Waals surface area contributed by atoms with Gasteiger partial charge < -0.3 is 15.5 Å². The Balaban J connectivity index is 1.82. The zero-order valence-electron chi connectivity index (χ0n) is 13.2. The van der Waals surface area contributed by atoms with Crippen LogP contribution in [0.2, 0.25) is 0 Å². The van der Waals surface area contributed by atoms with Crippen LogP contribution in [0.1, 0.15) is 17.9 Å². The molecular weight excluding hydrogens is 330 g/mol. The van der Waals surface area contributed by atoms with Gasteiger partial charge in [0.2, 0.25) is 11.8 Å². The van der Waals surface area contributed by atoms with E-state index in [1.54, 1.807) is 47.5 Å². The van der Waals surface area contributed by atoms with Gasteiger partial charge in [-0.1, -0.05) is 24.3 Å². The number of para-hydroxylation sites is 1. The molecule has 1 saturated heterocycles. The minimum atomic E-state index is -3.05. The molecule has 0 radical (unpaired) electrons. The van der Waals surface area contributed by atoms with Crippen molar-refractivity contribution in [1.82, 2.24) is 4.90 Å². The third kappa shape index (κ3) is 3.18. The van der Waals surface area contributed by atoms with Gasteiger partial charge in [-0.05, 0) is 11.6 Å². The average molecular weight is 346 g/mol. The number of amides is 2. The molecule has 3 rings (SSSR count). The predicted molar refractivity (Wildman–Crippen MR) is 85.5 cm³/mol. The van der Waals surface area contributed by atoms with Gasteiger partial charge in [0.25, 0.3) is 5.92 Å². The second kappa shape index (κ2) is 6.16. The molecule has 2 amide bonds. The monoisotopic (exact) mass is 346 g/mol. The van der Waals surface area contributed by atoms with Crippen LogP contribution in [0.4, 0.5) is 14.5 Å². The number of carbonyl (C=O) groups is 2. The fraction of sp³-hybridized carbons (Fsp3) is 0.353. The molecule has 6 nitrogen and oxygen atoms in total. The van der Waals surface area contributed by atoms with Crippen LogP contribution in [0.5, 0.6) is 0 Å². The molecule has 0 aromatic heterocycles. The van der Waals surface area contributed by atoms with Crippen molar-refractivity contribution in [2.75, 3.05) is 18.0 Å². The number of benzene rings is 1. The Morgan fingerprint density at radius 3 is 2.76 bits per heavy atom. The van der Waals surface area contributed by atoms with Crippen LogP contribution in [0.25, 0.3) is 0 Å². The number of carbonyl (C=O) groups excluding carboxylic acids is 2. The number of alkyl halides is 2. The summed E-state index contributed by atoms with van der Waals surface area (Å²) in [7, 11) is 0. The van der Waals surface area contributed by atoms with Crippen LogP contribution >= 0.6 is 0 Å². The molecule has 2 aliphatic heterocycles. The highest BCUT2D eigenvalue weighted by Crippen LogP contribution is 2.35. The molecule has 8 heteroatoms. The third-order valence-electron chi connectivity index (χ3n) is 4.39. The molecule has 2 unspecified atom stereocenters. The Kier molecular flexibility index (Phi) is 4.17. The van der Waals surface area contributed by atoms with Gasteiger partial charge in [-0.2, -0.15) is 5.26 Å². The van der Waals surface area contributed by atoms with Crippen LogP contribution in [-0.2, 0) is 9.59 Å². The maximum atomic E-state index is 13.5. The maximum Gasteiger partial charge on any atom is 0.268 e. The quantitative estimate of drug-likeness (QED) is 0.894. The zero-order valence-corrected chi connectivity index (χ0v) is 13.2. The molecule has 0 spiro atoms. The van der Waals surface area contributed by atoms with Gasteiger partial charge in [-0.25, -0.2) is 8.78 Å². The number of fused-ring (bicyclic) bond motifs is 1. The summed E-state index contributed by atoms with van der Waals surface area (Å²) < 4.78 is 27.1. The minimum absolute atomic E-state index is 0.201. The Morgan fingerprint density at radius 2 is 2.08 bits per heavy atom. The molecule has 0 aliphatic carbocycles. The van der Waals surface area contributed by atoms with E-state index in [0.29, 0.717) is 11.3 Å². The summed E-state index contributed by atoms with van der Waals surface area (Å²) in [6.07, 6.45) is 2.47. The van der Waals surface area contributed by atoms with Gasteiger partial charge in [0, 0.05) is 18.3 Å². The van der Waals surface area contributed by atoms with E-state index in [1.807, 2.05) is 0 Å². The average Bonchev–Trinajstić information content (AvgIpc) is 2.90. The number of nitrogens with zero attached hydrogens (tertiary/aromatic N) is 3. The van der Waals surface area contributed by atoms with Crippen molar-refractivity contribution < 1.29 is 18.4 Å². The molecule has 2 aliphatic rings. The van der Waals surface area contributed by atoms with E-state index in [-0.39, 0.29) is 6.54 Å². The minimum Gasteiger partial charge on any atom is -0.369 e. The number of hydrogen-bond donors (Lipinski definition) is 1. The lowest BCUT2D eigenvalue weighted by Gasteiger charge is -2.30. The Morgan fingerprint density at radius 1 is 1.36 bits per heavy atom. The number of anilines is 1. The maximum absolute atomic E-state index is 13.5. The number of nitriles is 1. The number of primary amides is 1. The van der Waals surface area contributed by atoms with Gasteiger partial charge in [-0.3, -0.25) is 9.59 Å². The molecule has 0 bridgehead atoms. The summed E-state index contributed by atoms with van der Waals surface area (Å²) in [6.45, 7) is -0.958. The van der Waals surface area contributed by atoms with Crippen LogP contribution in [0, 0.1) is 11.3 Å². The number of likely N-dealkylation sites (tertiary alicyclic amines) is 1. The first-order valence-corrected chi connectivity index (χ1v) is 7.72. The first kappa shape index (κ1) is 16.9. The molecule has 25 heavy (non-hydrogen) atoms. The molecular formula is C17H16F2N4O2. The molecule has 130 valence electrons. The molecule has 2 heterocycles. The van der Waals surface area contributed by atoms with Crippen molar-refractivity contribution in [3.63, 3.8) is 0 Å². The highest BCUT2D eigenvalue weighted by molar-refractivity contribution is 5.89. The molecule has 1 fully saturated rings.